The Morgan fingerprint density at radius 3 is 2.68 bits per heavy atom. The quantitative estimate of drug-likeness (QED) is 0.761. The summed E-state index contributed by atoms with van der Waals surface area (Å²) in [4.78, 5) is 8.79. The van der Waals surface area contributed by atoms with Gasteiger partial charge in [0.1, 0.15) is 11.5 Å². The van der Waals surface area contributed by atoms with Crippen LogP contribution in [0.5, 0.6) is 11.5 Å². The molecule has 94 valence electrons. The van der Waals surface area contributed by atoms with Crippen molar-refractivity contribution >= 4 is 10.9 Å². The maximum Gasteiger partial charge on any atom is 0.130 e. The zero-order valence-electron chi connectivity index (χ0n) is 10.4. The smallest absolute Gasteiger partial charge is 0.130 e. The Balaban J connectivity index is 2.27. The first kappa shape index (κ1) is 11.5. The molecule has 2 aromatic heterocycles. The van der Waals surface area contributed by atoms with Crippen LogP contribution in [0, 0.1) is 0 Å². The lowest BCUT2D eigenvalue weighted by Crippen LogP contribution is -1.92. The Bertz CT molecular complexity index is 727. The lowest BCUT2D eigenvalue weighted by Gasteiger charge is -2.08. The molecular formula is C15H12N2O2. The molecule has 0 aliphatic carbocycles. The second kappa shape index (κ2) is 4.57. The largest absolute Gasteiger partial charge is 0.508 e. The molecule has 0 saturated carbocycles. The van der Waals surface area contributed by atoms with Crippen LogP contribution in [0.15, 0.2) is 48.7 Å². The second-order valence-corrected chi connectivity index (χ2v) is 4.13. The van der Waals surface area contributed by atoms with E-state index in [1.807, 2.05) is 24.3 Å². The van der Waals surface area contributed by atoms with Crippen molar-refractivity contribution in [1.82, 2.24) is 9.97 Å². The number of hydrogen-bond donors (Lipinski definition) is 1. The van der Waals surface area contributed by atoms with Gasteiger partial charge in [-0.1, -0.05) is 6.07 Å². The first-order valence-electron chi connectivity index (χ1n) is 5.87. The highest BCUT2D eigenvalue weighted by atomic mass is 16.5. The summed E-state index contributed by atoms with van der Waals surface area (Å²) in [7, 11) is 1.61. The molecule has 0 radical (unpaired) electrons. The maximum atomic E-state index is 9.56. The fraction of sp³-hybridized carbons (Fsp3) is 0.0667. The number of hydrogen-bond acceptors (Lipinski definition) is 4. The van der Waals surface area contributed by atoms with Crippen molar-refractivity contribution in [3.8, 4) is 22.9 Å². The predicted octanol–water partition coefficient (Wildman–Crippen LogP) is 3.01. The summed E-state index contributed by atoms with van der Waals surface area (Å²) in [6, 6.07) is 12.5. The number of aromatic hydroxyl groups is 1. The Labute approximate surface area is 110 Å². The molecule has 0 unspecified atom stereocenters. The van der Waals surface area contributed by atoms with Crippen LogP contribution in [0.25, 0.3) is 22.3 Å². The van der Waals surface area contributed by atoms with Crippen molar-refractivity contribution < 1.29 is 9.84 Å². The molecule has 0 aliphatic rings. The van der Waals surface area contributed by atoms with Crippen molar-refractivity contribution in [3.05, 3.63) is 48.7 Å². The van der Waals surface area contributed by atoms with Gasteiger partial charge in [-0.25, -0.2) is 4.98 Å². The molecule has 0 spiro atoms. The van der Waals surface area contributed by atoms with Gasteiger partial charge >= 0.3 is 0 Å². The van der Waals surface area contributed by atoms with E-state index in [0.717, 1.165) is 16.8 Å². The highest BCUT2D eigenvalue weighted by molar-refractivity contribution is 5.88. The van der Waals surface area contributed by atoms with Gasteiger partial charge in [-0.05, 0) is 24.3 Å². The van der Waals surface area contributed by atoms with Crippen molar-refractivity contribution in [2.24, 2.45) is 0 Å². The predicted molar refractivity (Wildman–Crippen MR) is 73.2 cm³/mol. The van der Waals surface area contributed by atoms with Crippen molar-refractivity contribution in [3.63, 3.8) is 0 Å². The zero-order valence-corrected chi connectivity index (χ0v) is 10.4. The topological polar surface area (TPSA) is 55.2 Å². The van der Waals surface area contributed by atoms with Gasteiger partial charge in [0.05, 0.1) is 24.0 Å². The lowest BCUT2D eigenvalue weighted by atomic mass is 10.1. The fourth-order valence-electron chi connectivity index (χ4n) is 2.00. The van der Waals surface area contributed by atoms with Gasteiger partial charge in [0, 0.05) is 23.7 Å². The number of pyridine rings is 2. The third-order valence-electron chi connectivity index (χ3n) is 2.90. The van der Waals surface area contributed by atoms with Crippen LogP contribution in [0.2, 0.25) is 0 Å². The van der Waals surface area contributed by atoms with Gasteiger partial charge in [0.2, 0.25) is 0 Å². The second-order valence-electron chi connectivity index (χ2n) is 4.13. The molecule has 0 aliphatic heterocycles. The summed E-state index contributed by atoms with van der Waals surface area (Å²) >= 11 is 0. The van der Waals surface area contributed by atoms with Crippen LogP contribution >= 0.6 is 0 Å². The molecule has 0 fully saturated rings. The van der Waals surface area contributed by atoms with Gasteiger partial charge in [0.25, 0.3) is 0 Å². The Morgan fingerprint density at radius 2 is 1.95 bits per heavy atom. The van der Waals surface area contributed by atoms with Crippen molar-refractivity contribution in [1.29, 1.82) is 0 Å². The lowest BCUT2D eigenvalue weighted by molar-refractivity contribution is 0.419. The van der Waals surface area contributed by atoms with E-state index >= 15 is 0 Å². The molecule has 0 amide bonds. The molecule has 0 bridgehead atoms. The van der Waals surface area contributed by atoms with E-state index in [9.17, 15) is 5.11 Å². The van der Waals surface area contributed by atoms with Crippen LogP contribution in [-0.4, -0.2) is 22.2 Å². The summed E-state index contributed by atoms with van der Waals surface area (Å²) in [6.45, 7) is 0. The Kier molecular flexibility index (Phi) is 2.76. The van der Waals surface area contributed by atoms with Gasteiger partial charge in [-0.15, -0.1) is 0 Å². The van der Waals surface area contributed by atoms with Crippen LogP contribution in [0.3, 0.4) is 0 Å². The first-order valence-corrected chi connectivity index (χ1v) is 5.87. The molecule has 0 saturated heterocycles. The number of benzene rings is 1. The molecule has 19 heavy (non-hydrogen) atoms. The number of nitrogens with zero attached hydrogens (tertiary/aromatic N) is 2. The summed E-state index contributed by atoms with van der Waals surface area (Å²) in [5.74, 6) is 0.894. The molecule has 1 aromatic carbocycles. The van der Waals surface area contributed by atoms with E-state index in [0.29, 0.717) is 11.3 Å². The number of phenolic OH excluding ortho intramolecular Hbond substituents is 1. The Morgan fingerprint density at radius 1 is 1.05 bits per heavy atom. The van der Waals surface area contributed by atoms with Crippen molar-refractivity contribution in [2.45, 2.75) is 0 Å². The van der Waals surface area contributed by atoms with Gasteiger partial charge < -0.3 is 9.84 Å². The molecule has 3 aromatic rings. The first-order chi connectivity index (χ1) is 9.28. The molecule has 1 N–H and O–H groups in total. The van der Waals surface area contributed by atoms with E-state index in [1.54, 1.807) is 31.5 Å². The SMILES string of the molecule is COc1cc(-c2ccccn2)nc2cc(O)ccc12. The monoisotopic (exact) mass is 252 g/mol. The minimum atomic E-state index is 0.181. The summed E-state index contributed by atoms with van der Waals surface area (Å²) in [5.41, 5.74) is 2.17. The normalized spacial score (nSPS) is 10.6. The van der Waals surface area contributed by atoms with Crippen LogP contribution in [0.4, 0.5) is 0 Å². The van der Waals surface area contributed by atoms with Crippen LogP contribution in [0.1, 0.15) is 0 Å². The number of fused-ring (bicyclic) bond motifs is 1. The highest BCUT2D eigenvalue weighted by Gasteiger charge is 2.09. The molecule has 3 rings (SSSR count). The van der Waals surface area contributed by atoms with E-state index in [1.165, 1.54) is 0 Å². The molecule has 2 heterocycles. The minimum Gasteiger partial charge on any atom is -0.508 e. The third kappa shape index (κ3) is 2.08. The third-order valence-corrected chi connectivity index (χ3v) is 2.90. The maximum absolute atomic E-state index is 9.56. The van der Waals surface area contributed by atoms with Crippen LogP contribution < -0.4 is 4.74 Å². The van der Waals surface area contributed by atoms with Gasteiger partial charge in [0.15, 0.2) is 0 Å². The highest BCUT2D eigenvalue weighted by Crippen LogP contribution is 2.30. The van der Waals surface area contributed by atoms with E-state index in [4.69, 9.17) is 4.74 Å². The average Bonchev–Trinajstić information content (AvgIpc) is 2.46. The summed E-state index contributed by atoms with van der Waals surface area (Å²) in [6.07, 6.45) is 1.72. The van der Waals surface area contributed by atoms with E-state index in [2.05, 4.69) is 9.97 Å². The van der Waals surface area contributed by atoms with Gasteiger partial charge in [-0.3, -0.25) is 4.98 Å². The Hall–Kier alpha value is -2.62. The number of aromatic nitrogens is 2. The van der Waals surface area contributed by atoms with E-state index < -0.39 is 0 Å². The average molecular weight is 252 g/mol. The summed E-state index contributed by atoms with van der Waals surface area (Å²) < 4.78 is 5.38. The number of rotatable bonds is 2. The minimum absolute atomic E-state index is 0.181. The molecule has 4 nitrogen and oxygen atoms in total. The zero-order chi connectivity index (χ0) is 13.2. The molecular weight excluding hydrogens is 240 g/mol. The fourth-order valence-corrected chi connectivity index (χ4v) is 2.00. The van der Waals surface area contributed by atoms with Crippen LogP contribution in [-0.2, 0) is 0 Å². The number of phenols is 1. The standard InChI is InChI=1S/C15H12N2O2/c1-19-15-9-14(12-4-2-3-7-16-12)17-13-8-10(18)5-6-11(13)15/h2-9,18H,1H3. The van der Waals surface area contributed by atoms with Gasteiger partial charge in [-0.2, -0.15) is 0 Å². The molecule has 4 heteroatoms. The number of ether oxygens (including phenoxy) is 1. The summed E-state index contributed by atoms with van der Waals surface area (Å²) in [5, 5.41) is 10.4. The molecule has 0 atom stereocenters. The van der Waals surface area contributed by atoms with E-state index in [-0.39, 0.29) is 5.75 Å². The number of methoxy groups -OCH3 is 1. The van der Waals surface area contributed by atoms with Crippen molar-refractivity contribution in [2.75, 3.05) is 7.11 Å².